The van der Waals surface area contributed by atoms with Gasteiger partial charge in [-0.3, -0.25) is 4.98 Å². The SMILES string of the molecule is c1cc(-c2ccnc3nc(-c4ccc5c(c4)OCCCO5)nn23)ccn1. The first-order valence-corrected chi connectivity index (χ1v) is 8.41. The quantitative estimate of drug-likeness (QED) is 0.556. The van der Waals surface area contributed by atoms with Gasteiger partial charge in [0.15, 0.2) is 17.3 Å². The number of hydrogen-bond acceptors (Lipinski definition) is 6. The Morgan fingerprint density at radius 2 is 1.69 bits per heavy atom. The average molecular weight is 345 g/mol. The highest BCUT2D eigenvalue weighted by molar-refractivity contribution is 5.65. The van der Waals surface area contributed by atoms with E-state index in [1.807, 2.05) is 36.4 Å². The lowest BCUT2D eigenvalue weighted by Crippen LogP contribution is -1.97. The molecule has 0 radical (unpaired) electrons. The molecule has 7 nitrogen and oxygen atoms in total. The van der Waals surface area contributed by atoms with Gasteiger partial charge in [-0.2, -0.15) is 9.50 Å². The second kappa shape index (κ2) is 6.11. The van der Waals surface area contributed by atoms with Crippen molar-refractivity contribution in [2.75, 3.05) is 13.2 Å². The molecular formula is C19H15N5O2. The first-order valence-electron chi connectivity index (χ1n) is 8.41. The van der Waals surface area contributed by atoms with Gasteiger partial charge in [-0.1, -0.05) is 0 Å². The van der Waals surface area contributed by atoms with Gasteiger partial charge in [0.1, 0.15) is 0 Å². The molecule has 5 rings (SSSR count). The molecule has 128 valence electrons. The molecule has 1 aromatic carbocycles. The predicted octanol–water partition coefficient (Wildman–Crippen LogP) is 3.01. The summed E-state index contributed by atoms with van der Waals surface area (Å²) in [6.45, 7) is 1.31. The van der Waals surface area contributed by atoms with Crippen LogP contribution in [0, 0.1) is 0 Å². The molecule has 0 fully saturated rings. The van der Waals surface area contributed by atoms with Crippen LogP contribution in [0.5, 0.6) is 11.5 Å². The van der Waals surface area contributed by atoms with Crippen molar-refractivity contribution in [1.29, 1.82) is 0 Å². The van der Waals surface area contributed by atoms with E-state index in [1.165, 1.54) is 0 Å². The summed E-state index contributed by atoms with van der Waals surface area (Å²) in [5.74, 6) is 2.61. The number of fused-ring (bicyclic) bond motifs is 2. The molecule has 0 aliphatic carbocycles. The zero-order chi connectivity index (χ0) is 17.3. The number of benzene rings is 1. The second-order valence-corrected chi connectivity index (χ2v) is 5.93. The Morgan fingerprint density at radius 1 is 0.846 bits per heavy atom. The van der Waals surface area contributed by atoms with Crippen molar-refractivity contribution >= 4 is 5.78 Å². The van der Waals surface area contributed by atoms with Gasteiger partial charge in [0, 0.05) is 36.1 Å². The summed E-state index contributed by atoms with van der Waals surface area (Å²) in [7, 11) is 0. The average Bonchev–Trinajstić information content (AvgIpc) is 2.99. The lowest BCUT2D eigenvalue weighted by molar-refractivity contribution is 0.297. The van der Waals surface area contributed by atoms with Gasteiger partial charge in [-0.15, -0.1) is 5.10 Å². The lowest BCUT2D eigenvalue weighted by atomic mass is 10.2. The standard InChI is InChI=1S/C19H15N5O2/c1-10-25-16-3-2-14(12-17(16)26-11-1)18-22-19-21-9-6-15(24(19)23-18)13-4-7-20-8-5-13/h2-9,12H,1,10-11H2. The fourth-order valence-electron chi connectivity index (χ4n) is 2.96. The summed E-state index contributed by atoms with van der Waals surface area (Å²) in [5, 5.41) is 4.66. The molecule has 7 heteroatoms. The summed E-state index contributed by atoms with van der Waals surface area (Å²) in [6.07, 6.45) is 6.11. The van der Waals surface area contributed by atoms with Crippen LogP contribution >= 0.6 is 0 Å². The van der Waals surface area contributed by atoms with Gasteiger partial charge in [0.05, 0.1) is 18.9 Å². The molecule has 0 amide bonds. The Kier molecular flexibility index (Phi) is 3.48. The topological polar surface area (TPSA) is 74.4 Å². The third kappa shape index (κ3) is 2.54. The number of rotatable bonds is 2. The van der Waals surface area contributed by atoms with Gasteiger partial charge < -0.3 is 9.47 Å². The lowest BCUT2D eigenvalue weighted by Gasteiger charge is -2.07. The van der Waals surface area contributed by atoms with Gasteiger partial charge in [0.2, 0.25) is 0 Å². The van der Waals surface area contributed by atoms with Crippen LogP contribution in [0.15, 0.2) is 55.0 Å². The first-order chi connectivity index (χ1) is 12.9. The van der Waals surface area contributed by atoms with Crippen LogP contribution in [-0.2, 0) is 0 Å². The van der Waals surface area contributed by atoms with Crippen LogP contribution in [0.3, 0.4) is 0 Å². The van der Waals surface area contributed by atoms with Crippen molar-refractivity contribution in [3.8, 4) is 34.1 Å². The Bertz CT molecular complexity index is 1080. The third-order valence-corrected chi connectivity index (χ3v) is 4.22. The van der Waals surface area contributed by atoms with E-state index in [9.17, 15) is 0 Å². The van der Waals surface area contributed by atoms with Gasteiger partial charge >= 0.3 is 0 Å². The van der Waals surface area contributed by atoms with Crippen molar-refractivity contribution in [3.05, 3.63) is 55.0 Å². The zero-order valence-corrected chi connectivity index (χ0v) is 13.9. The van der Waals surface area contributed by atoms with Crippen LogP contribution in [0.4, 0.5) is 0 Å². The number of pyridine rings is 1. The zero-order valence-electron chi connectivity index (χ0n) is 13.9. The van der Waals surface area contributed by atoms with Gasteiger partial charge in [0.25, 0.3) is 5.78 Å². The molecule has 4 heterocycles. The van der Waals surface area contributed by atoms with Crippen LogP contribution in [0.2, 0.25) is 0 Å². The Morgan fingerprint density at radius 3 is 2.58 bits per heavy atom. The van der Waals surface area contributed by atoms with Crippen LogP contribution in [0.25, 0.3) is 28.4 Å². The fourth-order valence-corrected chi connectivity index (χ4v) is 2.96. The minimum absolute atomic E-state index is 0.543. The van der Waals surface area contributed by atoms with Gasteiger partial charge in [-0.25, -0.2) is 4.98 Å². The largest absolute Gasteiger partial charge is 0.490 e. The highest BCUT2D eigenvalue weighted by Gasteiger charge is 2.15. The molecule has 0 spiro atoms. The van der Waals surface area contributed by atoms with Crippen molar-refractivity contribution in [2.24, 2.45) is 0 Å². The Labute approximate surface area is 149 Å². The van der Waals surface area contributed by atoms with E-state index in [1.54, 1.807) is 23.1 Å². The highest BCUT2D eigenvalue weighted by atomic mass is 16.5. The maximum absolute atomic E-state index is 5.77. The van der Waals surface area contributed by atoms with Gasteiger partial charge in [-0.05, 0) is 36.4 Å². The van der Waals surface area contributed by atoms with Crippen molar-refractivity contribution in [2.45, 2.75) is 6.42 Å². The van der Waals surface area contributed by atoms with Crippen LogP contribution in [0.1, 0.15) is 6.42 Å². The molecule has 0 saturated carbocycles. The molecular weight excluding hydrogens is 330 g/mol. The molecule has 0 N–H and O–H groups in total. The Balaban J connectivity index is 1.62. The molecule has 3 aromatic heterocycles. The monoisotopic (exact) mass is 345 g/mol. The molecule has 0 saturated heterocycles. The number of ether oxygens (including phenoxy) is 2. The van der Waals surface area contributed by atoms with E-state index in [0.29, 0.717) is 24.8 Å². The molecule has 4 aromatic rings. The summed E-state index contributed by atoms with van der Waals surface area (Å²) in [5.41, 5.74) is 2.77. The van der Waals surface area contributed by atoms with Crippen molar-refractivity contribution < 1.29 is 9.47 Å². The molecule has 1 aliphatic rings. The second-order valence-electron chi connectivity index (χ2n) is 5.93. The number of nitrogens with zero attached hydrogens (tertiary/aromatic N) is 5. The van der Waals surface area contributed by atoms with E-state index in [0.717, 1.165) is 34.7 Å². The molecule has 0 unspecified atom stereocenters. The van der Waals surface area contributed by atoms with Crippen LogP contribution in [-0.4, -0.2) is 37.8 Å². The Hall–Kier alpha value is -3.48. The predicted molar refractivity (Wildman–Crippen MR) is 95.1 cm³/mol. The van der Waals surface area contributed by atoms with Crippen LogP contribution < -0.4 is 9.47 Å². The fraction of sp³-hybridized carbons (Fsp3) is 0.158. The minimum atomic E-state index is 0.543. The first kappa shape index (κ1) is 14.8. The maximum Gasteiger partial charge on any atom is 0.253 e. The smallest absolute Gasteiger partial charge is 0.253 e. The van der Waals surface area contributed by atoms with Crippen molar-refractivity contribution in [3.63, 3.8) is 0 Å². The summed E-state index contributed by atoms with van der Waals surface area (Å²) >= 11 is 0. The number of aromatic nitrogens is 5. The van der Waals surface area contributed by atoms with E-state index in [-0.39, 0.29) is 0 Å². The summed E-state index contributed by atoms with van der Waals surface area (Å²) in [6, 6.07) is 11.5. The molecule has 1 aliphatic heterocycles. The van der Waals surface area contributed by atoms with E-state index in [2.05, 4.69) is 20.1 Å². The van der Waals surface area contributed by atoms with E-state index in [4.69, 9.17) is 9.47 Å². The summed E-state index contributed by atoms with van der Waals surface area (Å²) < 4.78 is 13.2. The van der Waals surface area contributed by atoms with E-state index < -0.39 is 0 Å². The number of hydrogen-bond donors (Lipinski definition) is 0. The maximum atomic E-state index is 5.77. The normalized spacial score (nSPS) is 13.5. The van der Waals surface area contributed by atoms with E-state index >= 15 is 0 Å². The molecule has 26 heavy (non-hydrogen) atoms. The van der Waals surface area contributed by atoms with Crippen molar-refractivity contribution in [1.82, 2.24) is 24.6 Å². The minimum Gasteiger partial charge on any atom is -0.490 e. The molecule has 0 bridgehead atoms. The molecule has 0 atom stereocenters. The highest BCUT2D eigenvalue weighted by Crippen LogP contribution is 2.33. The third-order valence-electron chi connectivity index (χ3n) is 4.22. The summed E-state index contributed by atoms with van der Waals surface area (Å²) in [4.78, 5) is 13.0.